The first-order valence-corrected chi connectivity index (χ1v) is 10.1. The summed E-state index contributed by atoms with van der Waals surface area (Å²) in [6.07, 6.45) is -0.117. The van der Waals surface area contributed by atoms with Crippen LogP contribution < -0.4 is 5.32 Å². The summed E-state index contributed by atoms with van der Waals surface area (Å²) in [7, 11) is 1.63. The predicted octanol–water partition coefficient (Wildman–Crippen LogP) is 3.31. The highest BCUT2D eigenvalue weighted by Gasteiger charge is 2.22. The molecule has 2 atom stereocenters. The van der Waals surface area contributed by atoms with Gasteiger partial charge in [0.25, 0.3) is 0 Å². The van der Waals surface area contributed by atoms with E-state index in [4.69, 9.17) is 4.74 Å². The maximum Gasteiger partial charge on any atom is 0.412 e. The molecule has 3 N–H and O–H groups in total. The number of halogens is 2. The summed E-state index contributed by atoms with van der Waals surface area (Å²) in [5.74, 6) is -1.60. The molecule has 3 rings (SSSR count). The Morgan fingerprint density at radius 2 is 1.94 bits per heavy atom. The average molecular weight is 445 g/mol. The first-order chi connectivity index (χ1) is 15.4. The predicted molar refractivity (Wildman–Crippen MR) is 116 cm³/mol. The molecule has 0 spiro atoms. The van der Waals surface area contributed by atoms with Gasteiger partial charge in [-0.25, -0.2) is 18.6 Å². The Balaban J connectivity index is 1.63. The van der Waals surface area contributed by atoms with Gasteiger partial charge < -0.3 is 14.9 Å². The molecular weight excluding hydrogens is 420 g/mol. The van der Waals surface area contributed by atoms with Crippen LogP contribution in [-0.2, 0) is 11.3 Å². The number of hydrogen-bond acceptors (Lipinski definition) is 6. The quantitative estimate of drug-likeness (QED) is 0.468. The fourth-order valence-electron chi connectivity index (χ4n) is 3.30. The van der Waals surface area contributed by atoms with Crippen LogP contribution in [0.1, 0.15) is 12.0 Å². The Morgan fingerprint density at radius 1 is 1.19 bits per heavy atom. The van der Waals surface area contributed by atoms with Crippen molar-refractivity contribution in [1.82, 2.24) is 9.88 Å². The molecule has 0 bridgehead atoms. The third-order valence-electron chi connectivity index (χ3n) is 5.10. The SMILES string of the molecule is CN(Cc1cccc(F)c1F)[C@@H](COC(=O)Nc1cc2ccccc2cn1)C[C@H](O)CO. The van der Waals surface area contributed by atoms with E-state index < -0.39 is 36.5 Å². The van der Waals surface area contributed by atoms with E-state index in [0.29, 0.717) is 5.82 Å². The summed E-state index contributed by atoms with van der Waals surface area (Å²) in [6, 6.07) is 12.6. The number of ether oxygens (including phenoxy) is 1. The van der Waals surface area contributed by atoms with Crippen LogP contribution in [0.4, 0.5) is 19.4 Å². The molecule has 1 amide bonds. The minimum Gasteiger partial charge on any atom is -0.448 e. The Labute approximate surface area is 184 Å². The van der Waals surface area contributed by atoms with Gasteiger partial charge in [0.15, 0.2) is 11.6 Å². The van der Waals surface area contributed by atoms with Crippen molar-refractivity contribution in [3.8, 4) is 0 Å². The molecule has 2 aromatic carbocycles. The lowest BCUT2D eigenvalue weighted by molar-refractivity contribution is 0.0379. The second-order valence-corrected chi connectivity index (χ2v) is 7.49. The van der Waals surface area contributed by atoms with Gasteiger partial charge in [-0.15, -0.1) is 0 Å². The molecule has 0 fully saturated rings. The van der Waals surface area contributed by atoms with Gasteiger partial charge in [0.2, 0.25) is 0 Å². The number of aliphatic hydroxyl groups is 2. The third kappa shape index (κ3) is 6.19. The van der Waals surface area contributed by atoms with Crippen molar-refractivity contribution in [1.29, 1.82) is 0 Å². The summed E-state index contributed by atoms with van der Waals surface area (Å²) in [4.78, 5) is 18.1. The molecule has 0 unspecified atom stereocenters. The highest BCUT2D eigenvalue weighted by atomic mass is 19.2. The van der Waals surface area contributed by atoms with E-state index in [1.807, 2.05) is 24.3 Å². The van der Waals surface area contributed by atoms with Crippen LogP contribution in [0.15, 0.2) is 54.7 Å². The first-order valence-electron chi connectivity index (χ1n) is 10.1. The molecule has 7 nitrogen and oxygen atoms in total. The summed E-state index contributed by atoms with van der Waals surface area (Å²) in [5.41, 5.74) is 0.126. The number of benzene rings is 2. The number of aromatic nitrogens is 1. The minimum absolute atomic E-state index is 0.0175. The number of carbonyl (C=O) groups is 1. The highest BCUT2D eigenvalue weighted by molar-refractivity contribution is 5.89. The lowest BCUT2D eigenvalue weighted by Crippen LogP contribution is -2.40. The molecule has 3 aromatic rings. The van der Waals surface area contributed by atoms with Crippen molar-refractivity contribution in [3.63, 3.8) is 0 Å². The second kappa shape index (κ2) is 10.9. The number of aliphatic hydroxyl groups excluding tert-OH is 2. The topological polar surface area (TPSA) is 94.9 Å². The number of carbonyl (C=O) groups excluding carboxylic acids is 1. The molecular formula is C23H25F2N3O4. The van der Waals surface area contributed by atoms with Crippen LogP contribution in [0.5, 0.6) is 0 Å². The van der Waals surface area contributed by atoms with Gasteiger partial charge in [-0.3, -0.25) is 10.2 Å². The van der Waals surface area contributed by atoms with Crippen LogP contribution in [-0.4, -0.2) is 58.6 Å². The van der Waals surface area contributed by atoms with Crippen molar-refractivity contribution in [2.24, 2.45) is 0 Å². The number of nitrogens with one attached hydrogen (secondary N) is 1. The fraction of sp³-hybridized carbons (Fsp3) is 0.304. The zero-order chi connectivity index (χ0) is 23.1. The lowest BCUT2D eigenvalue weighted by atomic mass is 10.1. The minimum atomic E-state index is -1.06. The van der Waals surface area contributed by atoms with Crippen LogP contribution in [0.25, 0.3) is 10.8 Å². The number of likely N-dealkylation sites (N-methyl/N-ethyl adjacent to an activating group) is 1. The monoisotopic (exact) mass is 445 g/mol. The zero-order valence-corrected chi connectivity index (χ0v) is 17.5. The molecule has 0 radical (unpaired) electrons. The van der Waals surface area contributed by atoms with E-state index in [0.717, 1.165) is 16.8 Å². The van der Waals surface area contributed by atoms with Crippen molar-refractivity contribution >= 4 is 22.7 Å². The first kappa shape index (κ1) is 23.5. The van der Waals surface area contributed by atoms with Gasteiger partial charge in [-0.05, 0) is 31.0 Å². The maximum absolute atomic E-state index is 14.0. The standard InChI is InChI=1S/C23H25F2N3O4/c1-28(12-17-7-4-8-20(24)22(17)25)18(10-19(30)13-29)14-32-23(31)27-21-9-15-5-2-3-6-16(15)11-26-21/h2-9,11,18-19,29-30H,10,12-14H2,1H3,(H,26,27,31)/t18-,19+/m1/s1. The summed E-state index contributed by atoms with van der Waals surface area (Å²) >= 11 is 0. The zero-order valence-electron chi connectivity index (χ0n) is 17.5. The second-order valence-electron chi connectivity index (χ2n) is 7.49. The molecule has 0 aliphatic heterocycles. The van der Waals surface area contributed by atoms with E-state index in [9.17, 15) is 23.8 Å². The Kier molecular flexibility index (Phi) is 8.04. The molecule has 0 saturated heterocycles. The van der Waals surface area contributed by atoms with Crippen molar-refractivity contribution in [2.45, 2.75) is 25.1 Å². The maximum atomic E-state index is 14.0. The summed E-state index contributed by atoms with van der Waals surface area (Å²) in [6.45, 7) is -0.612. The Hall–Kier alpha value is -3.14. The van der Waals surface area contributed by atoms with Crippen LogP contribution in [0, 0.1) is 11.6 Å². The van der Waals surface area contributed by atoms with Gasteiger partial charge in [0.05, 0.1) is 12.7 Å². The van der Waals surface area contributed by atoms with E-state index in [-0.39, 0.29) is 25.1 Å². The fourth-order valence-corrected chi connectivity index (χ4v) is 3.30. The molecule has 0 saturated carbocycles. The van der Waals surface area contributed by atoms with Crippen LogP contribution >= 0.6 is 0 Å². The van der Waals surface area contributed by atoms with Gasteiger partial charge in [0, 0.05) is 29.7 Å². The number of rotatable bonds is 9. The molecule has 170 valence electrons. The number of anilines is 1. The number of hydrogen-bond donors (Lipinski definition) is 3. The average Bonchev–Trinajstić information content (AvgIpc) is 2.79. The van der Waals surface area contributed by atoms with Crippen LogP contribution in [0.3, 0.4) is 0 Å². The number of amides is 1. The van der Waals surface area contributed by atoms with E-state index in [1.165, 1.54) is 12.1 Å². The van der Waals surface area contributed by atoms with Crippen molar-refractivity contribution in [2.75, 3.05) is 25.6 Å². The Morgan fingerprint density at radius 3 is 2.69 bits per heavy atom. The molecule has 0 aliphatic carbocycles. The van der Waals surface area contributed by atoms with Gasteiger partial charge in [-0.1, -0.05) is 36.4 Å². The van der Waals surface area contributed by atoms with Crippen molar-refractivity contribution < 1.29 is 28.5 Å². The van der Waals surface area contributed by atoms with E-state index >= 15 is 0 Å². The highest BCUT2D eigenvalue weighted by Crippen LogP contribution is 2.18. The van der Waals surface area contributed by atoms with E-state index in [2.05, 4.69) is 10.3 Å². The lowest BCUT2D eigenvalue weighted by Gasteiger charge is -2.29. The molecule has 9 heteroatoms. The molecule has 32 heavy (non-hydrogen) atoms. The molecule has 0 aliphatic rings. The smallest absolute Gasteiger partial charge is 0.412 e. The van der Waals surface area contributed by atoms with Crippen molar-refractivity contribution in [3.05, 3.63) is 71.9 Å². The number of fused-ring (bicyclic) bond motifs is 1. The van der Waals surface area contributed by atoms with Gasteiger partial charge in [0.1, 0.15) is 12.4 Å². The van der Waals surface area contributed by atoms with Gasteiger partial charge >= 0.3 is 6.09 Å². The van der Waals surface area contributed by atoms with E-state index in [1.54, 1.807) is 24.2 Å². The third-order valence-corrected chi connectivity index (χ3v) is 5.10. The number of pyridine rings is 1. The number of nitrogens with zero attached hydrogens (tertiary/aromatic N) is 2. The Bertz CT molecular complexity index is 1070. The normalized spacial score (nSPS) is 13.2. The summed E-state index contributed by atoms with van der Waals surface area (Å²) < 4.78 is 32.8. The summed E-state index contributed by atoms with van der Waals surface area (Å²) in [5, 5.41) is 23.4. The largest absolute Gasteiger partial charge is 0.448 e. The molecule has 1 aromatic heterocycles. The van der Waals surface area contributed by atoms with Gasteiger partial charge in [-0.2, -0.15) is 0 Å². The van der Waals surface area contributed by atoms with Crippen LogP contribution in [0.2, 0.25) is 0 Å². The molecule has 1 heterocycles.